The van der Waals surface area contributed by atoms with E-state index in [-0.39, 0.29) is 17.2 Å². The molecule has 1 aromatic rings. The molecule has 0 saturated carbocycles. The molecule has 1 rings (SSSR count). The van der Waals surface area contributed by atoms with Gasteiger partial charge >= 0.3 is 0 Å². The number of halogens is 2. The highest BCUT2D eigenvalue weighted by Crippen LogP contribution is 2.16. The zero-order valence-corrected chi connectivity index (χ0v) is 11.8. The minimum absolute atomic E-state index is 0.106. The van der Waals surface area contributed by atoms with Gasteiger partial charge < -0.3 is 0 Å². The van der Waals surface area contributed by atoms with Crippen LogP contribution in [0.3, 0.4) is 0 Å². The lowest BCUT2D eigenvalue weighted by atomic mass is 10.1. The summed E-state index contributed by atoms with van der Waals surface area (Å²) in [6.07, 6.45) is 0. The maximum atomic E-state index is 13.0. The van der Waals surface area contributed by atoms with Gasteiger partial charge in [0.2, 0.25) is 0 Å². The zero-order chi connectivity index (χ0) is 14.8. The molecule has 3 nitrogen and oxygen atoms in total. The lowest BCUT2D eigenvalue weighted by molar-refractivity contribution is 0.0991. The summed E-state index contributed by atoms with van der Waals surface area (Å²) in [5, 5.41) is -1.26. The Morgan fingerprint density at radius 2 is 1.74 bits per heavy atom. The summed E-state index contributed by atoms with van der Waals surface area (Å²) in [5.74, 6) is -3.19. The van der Waals surface area contributed by atoms with Gasteiger partial charge in [-0.1, -0.05) is 13.8 Å². The van der Waals surface area contributed by atoms with Crippen molar-refractivity contribution < 1.29 is 22.0 Å². The molecule has 0 fully saturated rings. The Hall–Kier alpha value is -1.30. The number of rotatable bonds is 5. The highest BCUT2D eigenvalue weighted by Gasteiger charge is 2.29. The minimum atomic E-state index is -3.60. The Bertz CT molecular complexity index is 580. The van der Waals surface area contributed by atoms with Crippen molar-refractivity contribution >= 4 is 15.6 Å². The van der Waals surface area contributed by atoms with E-state index >= 15 is 0 Å². The number of sulfone groups is 1. The second-order valence-corrected chi connectivity index (χ2v) is 7.22. The first-order valence-electron chi connectivity index (χ1n) is 5.86. The van der Waals surface area contributed by atoms with Gasteiger partial charge in [0.05, 0.1) is 5.75 Å². The molecule has 0 aliphatic carbocycles. The highest BCUT2D eigenvalue weighted by atomic mass is 32.2. The summed E-state index contributed by atoms with van der Waals surface area (Å²) in [6, 6.07) is 2.62. The van der Waals surface area contributed by atoms with Gasteiger partial charge in [-0.3, -0.25) is 4.79 Å². The Labute approximate surface area is 111 Å². The fraction of sp³-hybridized carbons (Fsp3) is 0.462. The van der Waals surface area contributed by atoms with Gasteiger partial charge in [0.15, 0.2) is 27.3 Å². The van der Waals surface area contributed by atoms with Crippen molar-refractivity contribution in [2.24, 2.45) is 5.92 Å². The van der Waals surface area contributed by atoms with Crippen LogP contribution in [0.5, 0.6) is 0 Å². The van der Waals surface area contributed by atoms with Gasteiger partial charge in [-0.15, -0.1) is 0 Å². The van der Waals surface area contributed by atoms with Crippen molar-refractivity contribution in [1.29, 1.82) is 0 Å². The standard InChI is InChI=1S/C13H16F2O3S/c1-8(2)7-19(17,18)9(3)13(16)10-4-5-11(14)12(15)6-10/h4-6,8-9H,7H2,1-3H3. The summed E-state index contributed by atoms with van der Waals surface area (Å²) in [6.45, 7) is 4.72. The molecule has 0 bridgehead atoms. The van der Waals surface area contributed by atoms with Gasteiger partial charge in [0.25, 0.3) is 0 Å². The second-order valence-electron chi connectivity index (χ2n) is 4.86. The number of carbonyl (C=O) groups excluding carboxylic acids is 1. The molecule has 0 aliphatic heterocycles. The maximum Gasteiger partial charge on any atom is 0.180 e. The van der Waals surface area contributed by atoms with E-state index in [1.165, 1.54) is 6.92 Å². The van der Waals surface area contributed by atoms with Crippen LogP contribution in [0, 0.1) is 17.6 Å². The van der Waals surface area contributed by atoms with Crippen molar-refractivity contribution in [3.8, 4) is 0 Å². The van der Waals surface area contributed by atoms with Crippen LogP contribution in [-0.2, 0) is 9.84 Å². The average Bonchev–Trinajstić information content (AvgIpc) is 2.29. The molecule has 0 N–H and O–H groups in total. The number of carbonyl (C=O) groups is 1. The summed E-state index contributed by atoms with van der Waals surface area (Å²) in [7, 11) is -3.60. The number of hydrogen-bond acceptors (Lipinski definition) is 3. The van der Waals surface area contributed by atoms with E-state index in [1.54, 1.807) is 13.8 Å². The third kappa shape index (κ3) is 3.83. The fourth-order valence-corrected chi connectivity index (χ4v) is 3.34. The molecule has 0 radical (unpaired) electrons. The average molecular weight is 290 g/mol. The summed E-state index contributed by atoms with van der Waals surface area (Å²) >= 11 is 0. The van der Waals surface area contributed by atoms with E-state index in [2.05, 4.69) is 0 Å². The van der Waals surface area contributed by atoms with E-state index in [1.807, 2.05) is 0 Å². The third-order valence-electron chi connectivity index (χ3n) is 2.68. The molecule has 106 valence electrons. The van der Waals surface area contributed by atoms with E-state index in [0.717, 1.165) is 18.2 Å². The first kappa shape index (κ1) is 15.8. The highest BCUT2D eigenvalue weighted by molar-refractivity contribution is 7.92. The van der Waals surface area contributed by atoms with Gasteiger partial charge in [-0.25, -0.2) is 17.2 Å². The first-order chi connectivity index (χ1) is 8.65. The number of benzene rings is 1. The SMILES string of the molecule is CC(C)CS(=O)(=O)C(C)C(=O)c1ccc(F)c(F)c1. The van der Waals surface area contributed by atoms with Crippen molar-refractivity contribution in [2.75, 3.05) is 5.75 Å². The van der Waals surface area contributed by atoms with Crippen LogP contribution in [0.4, 0.5) is 8.78 Å². The van der Waals surface area contributed by atoms with Crippen molar-refractivity contribution in [2.45, 2.75) is 26.0 Å². The predicted molar refractivity (Wildman–Crippen MR) is 68.8 cm³/mol. The molecular weight excluding hydrogens is 274 g/mol. The molecule has 19 heavy (non-hydrogen) atoms. The van der Waals surface area contributed by atoms with Gasteiger partial charge in [0, 0.05) is 5.56 Å². The third-order valence-corrected chi connectivity index (χ3v) is 5.10. The second kappa shape index (κ2) is 5.77. The van der Waals surface area contributed by atoms with Crippen molar-refractivity contribution in [3.05, 3.63) is 35.4 Å². The van der Waals surface area contributed by atoms with Crippen LogP contribution in [0.2, 0.25) is 0 Å². The van der Waals surface area contributed by atoms with Gasteiger partial charge in [0.1, 0.15) is 5.25 Å². The summed E-state index contributed by atoms with van der Waals surface area (Å²) in [4.78, 5) is 12.0. The number of ketones is 1. The van der Waals surface area contributed by atoms with Crippen LogP contribution in [0.1, 0.15) is 31.1 Å². The Balaban J connectivity index is 3.03. The molecule has 0 spiro atoms. The fourth-order valence-electron chi connectivity index (χ4n) is 1.66. The number of hydrogen-bond donors (Lipinski definition) is 0. The largest absolute Gasteiger partial charge is 0.293 e. The Morgan fingerprint density at radius 3 is 2.21 bits per heavy atom. The molecule has 1 aromatic carbocycles. The van der Waals surface area contributed by atoms with E-state index in [4.69, 9.17) is 0 Å². The van der Waals surface area contributed by atoms with Crippen LogP contribution in [0.25, 0.3) is 0 Å². The van der Waals surface area contributed by atoms with Crippen molar-refractivity contribution in [3.63, 3.8) is 0 Å². The van der Waals surface area contributed by atoms with Crippen LogP contribution in [-0.4, -0.2) is 25.2 Å². The Kier molecular flexibility index (Phi) is 4.79. The van der Waals surface area contributed by atoms with E-state index in [0.29, 0.717) is 0 Å². The molecule has 1 unspecified atom stereocenters. The molecule has 0 aromatic heterocycles. The smallest absolute Gasteiger partial charge is 0.180 e. The topological polar surface area (TPSA) is 51.2 Å². The maximum absolute atomic E-state index is 13.0. The normalized spacial score (nSPS) is 13.6. The Morgan fingerprint density at radius 1 is 1.16 bits per heavy atom. The van der Waals surface area contributed by atoms with Crippen LogP contribution >= 0.6 is 0 Å². The summed E-state index contributed by atoms with van der Waals surface area (Å²) in [5.41, 5.74) is -0.140. The molecule has 0 amide bonds. The van der Waals surface area contributed by atoms with Gasteiger partial charge in [-0.2, -0.15) is 0 Å². The zero-order valence-electron chi connectivity index (χ0n) is 11.0. The molecule has 6 heteroatoms. The summed E-state index contributed by atoms with van der Waals surface area (Å²) < 4.78 is 49.6. The van der Waals surface area contributed by atoms with Crippen LogP contribution in [0.15, 0.2) is 18.2 Å². The molecular formula is C13H16F2O3S. The quantitative estimate of drug-likeness (QED) is 0.783. The predicted octanol–water partition coefficient (Wildman–Crippen LogP) is 2.61. The van der Waals surface area contributed by atoms with Crippen molar-refractivity contribution in [1.82, 2.24) is 0 Å². The van der Waals surface area contributed by atoms with E-state index < -0.39 is 32.5 Å². The number of Topliss-reactive ketones (excluding diaryl/α,β-unsaturated/α-hetero) is 1. The molecule has 1 atom stereocenters. The lowest BCUT2D eigenvalue weighted by Gasteiger charge is -2.13. The molecule has 0 heterocycles. The molecule has 0 saturated heterocycles. The minimum Gasteiger partial charge on any atom is -0.293 e. The van der Waals surface area contributed by atoms with Gasteiger partial charge in [-0.05, 0) is 31.0 Å². The monoisotopic (exact) mass is 290 g/mol. The van der Waals surface area contributed by atoms with Crippen LogP contribution < -0.4 is 0 Å². The molecule has 0 aliphatic rings. The lowest BCUT2D eigenvalue weighted by Crippen LogP contribution is -2.31. The van der Waals surface area contributed by atoms with E-state index in [9.17, 15) is 22.0 Å². The first-order valence-corrected chi connectivity index (χ1v) is 7.57.